The van der Waals surface area contributed by atoms with Gasteiger partial charge in [-0.25, -0.2) is 4.98 Å². The van der Waals surface area contributed by atoms with Crippen molar-refractivity contribution in [3.05, 3.63) is 30.9 Å². The number of hydrogen-bond acceptors (Lipinski definition) is 3. The van der Waals surface area contributed by atoms with Crippen molar-refractivity contribution in [2.45, 2.75) is 0 Å². The SMILES string of the molecule is B1Oc2cnccc2-n2ccnc21. The van der Waals surface area contributed by atoms with Crippen LogP contribution in [0.15, 0.2) is 30.9 Å². The van der Waals surface area contributed by atoms with E-state index in [9.17, 15) is 0 Å². The van der Waals surface area contributed by atoms with E-state index in [2.05, 4.69) is 9.97 Å². The molecule has 1 aliphatic rings. The van der Waals surface area contributed by atoms with Gasteiger partial charge in [-0.05, 0) is 6.07 Å². The summed E-state index contributed by atoms with van der Waals surface area (Å²) in [6.45, 7) is 0. The second-order valence-electron chi connectivity index (χ2n) is 2.85. The zero-order valence-corrected chi connectivity index (χ0v) is 6.84. The van der Waals surface area contributed by atoms with Crippen molar-refractivity contribution in [3.63, 3.8) is 0 Å². The average Bonchev–Trinajstić information content (AvgIpc) is 2.65. The zero-order chi connectivity index (χ0) is 8.67. The fourth-order valence-corrected chi connectivity index (χ4v) is 1.49. The summed E-state index contributed by atoms with van der Waals surface area (Å²) in [6, 6.07) is 1.92. The van der Waals surface area contributed by atoms with E-state index in [4.69, 9.17) is 4.65 Å². The van der Waals surface area contributed by atoms with E-state index in [0.717, 1.165) is 17.2 Å². The number of pyridine rings is 1. The highest BCUT2D eigenvalue weighted by atomic mass is 16.4. The van der Waals surface area contributed by atoms with Gasteiger partial charge >= 0.3 is 7.48 Å². The van der Waals surface area contributed by atoms with E-state index < -0.39 is 0 Å². The average molecular weight is 171 g/mol. The molecule has 2 aromatic heterocycles. The Bertz CT molecular complexity index is 454. The van der Waals surface area contributed by atoms with Crippen LogP contribution in [-0.4, -0.2) is 22.0 Å². The van der Waals surface area contributed by atoms with Crippen LogP contribution in [0.4, 0.5) is 0 Å². The Hall–Kier alpha value is -1.78. The third-order valence-electron chi connectivity index (χ3n) is 2.10. The standard InChI is InChI=1S/C8H6BN3O/c1-2-10-5-7-6(1)12-4-3-11-8(12)9-13-7/h1-5,9H. The number of nitrogens with zero attached hydrogens (tertiary/aromatic N) is 3. The predicted octanol–water partition coefficient (Wildman–Crippen LogP) is -0.364. The first-order valence-electron chi connectivity index (χ1n) is 4.04. The minimum Gasteiger partial charge on any atom is -0.553 e. The molecule has 5 heteroatoms. The molecule has 0 N–H and O–H groups in total. The Morgan fingerprint density at radius 1 is 1.38 bits per heavy atom. The smallest absolute Gasteiger partial charge is 0.412 e. The van der Waals surface area contributed by atoms with Crippen molar-refractivity contribution >= 4 is 13.2 Å². The van der Waals surface area contributed by atoms with Gasteiger partial charge in [-0.15, -0.1) is 0 Å². The fourth-order valence-electron chi connectivity index (χ4n) is 1.49. The molecule has 0 bridgehead atoms. The van der Waals surface area contributed by atoms with Crippen LogP contribution in [0.2, 0.25) is 0 Å². The Balaban J connectivity index is 2.30. The van der Waals surface area contributed by atoms with Crippen molar-refractivity contribution < 1.29 is 4.65 Å². The first-order chi connectivity index (χ1) is 6.45. The van der Waals surface area contributed by atoms with Gasteiger partial charge in [-0.1, -0.05) is 0 Å². The summed E-state index contributed by atoms with van der Waals surface area (Å²) in [5.74, 6) is 0.813. The second kappa shape index (κ2) is 2.35. The molecule has 4 nitrogen and oxygen atoms in total. The summed E-state index contributed by atoms with van der Waals surface area (Å²) in [4.78, 5) is 8.17. The molecule has 0 fully saturated rings. The first-order valence-corrected chi connectivity index (χ1v) is 4.04. The molecule has 0 unspecified atom stereocenters. The van der Waals surface area contributed by atoms with Crippen molar-refractivity contribution in [2.75, 3.05) is 0 Å². The van der Waals surface area contributed by atoms with Crippen LogP contribution >= 0.6 is 0 Å². The molecule has 0 aromatic carbocycles. The third-order valence-corrected chi connectivity index (χ3v) is 2.10. The lowest BCUT2D eigenvalue weighted by Crippen LogP contribution is -2.33. The van der Waals surface area contributed by atoms with Crippen molar-refractivity contribution in [1.82, 2.24) is 14.5 Å². The Morgan fingerprint density at radius 2 is 2.38 bits per heavy atom. The molecule has 13 heavy (non-hydrogen) atoms. The summed E-state index contributed by atoms with van der Waals surface area (Å²) >= 11 is 0. The second-order valence-corrected chi connectivity index (χ2v) is 2.85. The molecule has 0 spiro atoms. The zero-order valence-electron chi connectivity index (χ0n) is 6.84. The Morgan fingerprint density at radius 3 is 3.38 bits per heavy atom. The molecule has 0 radical (unpaired) electrons. The van der Waals surface area contributed by atoms with Crippen LogP contribution in [0.25, 0.3) is 5.69 Å². The number of fused-ring (bicyclic) bond motifs is 3. The molecule has 0 saturated heterocycles. The van der Waals surface area contributed by atoms with Gasteiger partial charge in [0.05, 0.1) is 11.9 Å². The fraction of sp³-hybridized carbons (Fsp3) is 0. The largest absolute Gasteiger partial charge is 0.553 e. The maximum atomic E-state index is 5.46. The third kappa shape index (κ3) is 0.868. The van der Waals surface area contributed by atoms with Gasteiger partial charge in [0.2, 0.25) is 0 Å². The summed E-state index contributed by atoms with van der Waals surface area (Å²) in [6.07, 6.45) is 7.17. The lowest BCUT2D eigenvalue weighted by molar-refractivity contribution is 0.582. The minimum absolute atomic E-state index is 0.520. The minimum atomic E-state index is 0.520. The van der Waals surface area contributed by atoms with Crippen LogP contribution < -0.4 is 10.4 Å². The normalized spacial score (nSPS) is 12.3. The van der Waals surface area contributed by atoms with Gasteiger partial charge < -0.3 is 9.22 Å². The number of aromatic nitrogens is 3. The van der Waals surface area contributed by atoms with Crippen molar-refractivity contribution in [1.29, 1.82) is 0 Å². The van der Waals surface area contributed by atoms with E-state index >= 15 is 0 Å². The molecular formula is C8H6BN3O. The molecule has 0 aliphatic carbocycles. The van der Waals surface area contributed by atoms with Gasteiger partial charge in [-0.2, -0.15) is 0 Å². The van der Waals surface area contributed by atoms with Crippen LogP contribution in [0.1, 0.15) is 0 Å². The summed E-state index contributed by atoms with van der Waals surface area (Å²) in [5, 5.41) is 0. The van der Waals surface area contributed by atoms with Crippen LogP contribution in [0, 0.1) is 0 Å². The Kier molecular flexibility index (Phi) is 1.22. The summed E-state index contributed by atoms with van der Waals surface area (Å²) in [7, 11) is 0.520. The van der Waals surface area contributed by atoms with Gasteiger partial charge in [0.25, 0.3) is 0 Å². The molecule has 1 aliphatic heterocycles. The van der Waals surface area contributed by atoms with Crippen LogP contribution in [0.5, 0.6) is 5.75 Å². The summed E-state index contributed by atoms with van der Waals surface area (Å²) in [5.41, 5.74) is 1.94. The predicted molar refractivity (Wildman–Crippen MR) is 48.8 cm³/mol. The number of hydrogen-bond donors (Lipinski definition) is 0. The first kappa shape index (κ1) is 6.71. The molecule has 0 atom stereocenters. The molecule has 2 aromatic rings. The van der Waals surface area contributed by atoms with Crippen LogP contribution in [0.3, 0.4) is 0 Å². The monoisotopic (exact) mass is 171 g/mol. The van der Waals surface area contributed by atoms with E-state index in [1.54, 1.807) is 18.6 Å². The molecule has 62 valence electrons. The highest BCUT2D eigenvalue weighted by Gasteiger charge is 2.17. The van der Waals surface area contributed by atoms with Gasteiger partial charge in [0, 0.05) is 18.6 Å². The highest BCUT2D eigenvalue weighted by molar-refractivity contribution is 6.46. The van der Waals surface area contributed by atoms with Gasteiger partial charge in [-0.3, -0.25) is 4.98 Å². The topological polar surface area (TPSA) is 39.9 Å². The lowest BCUT2D eigenvalue weighted by Gasteiger charge is -2.17. The molecular weight excluding hydrogens is 165 g/mol. The number of imidazole rings is 1. The van der Waals surface area contributed by atoms with Gasteiger partial charge in [0.1, 0.15) is 11.5 Å². The Labute approximate surface area is 75.5 Å². The van der Waals surface area contributed by atoms with E-state index in [1.165, 1.54) is 0 Å². The molecule has 0 amide bonds. The van der Waals surface area contributed by atoms with Crippen LogP contribution in [-0.2, 0) is 0 Å². The quantitative estimate of drug-likeness (QED) is 0.508. The van der Waals surface area contributed by atoms with Crippen molar-refractivity contribution in [3.8, 4) is 11.4 Å². The van der Waals surface area contributed by atoms with Crippen molar-refractivity contribution in [2.24, 2.45) is 0 Å². The molecule has 0 saturated carbocycles. The molecule has 3 rings (SSSR count). The maximum Gasteiger partial charge on any atom is 0.412 e. The van der Waals surface area contributed by atoms with E-state index in [-0.39, 0.29) is 0 Å². The van der Waals surface area contributed by atoms with Gasteiger partial charge in [0.15, 0.2) is 0 Å². The lowest BCUT2D eigenvalue weighted by atomic mass is 9.98. The molecule has 3 heterocycles. The maximum absolute atomic E-state index is 5.46. The van der Waals surface area contributed by atoms with E-state index in [0.29, 0.717) is 7.48 Å². The number of rotatable bonds is 0. The van der Waals surface area contributed by atoms with E-state index in [1.807, 2.05) is 16.8 Å². The summed E-state index contributed by atoms with van der Waals surface area (Å²) < 4.78 is 7.48. The highest BCUT2D eigenvalue weighted by Crippen LogP contribution is 2.21.